The highest BCUT2D eigenvalue weighted by Crippen LogP contribution is 2.05. The molecule has 0 aliphatic carbocycles. The van der Waals surface area contributed by atoms with E-state index < -0.39 is 0 Å². The van der Waals surface area contributed by atoms with E-state index in [1.807, 2.05) is 0 Å². The van der Waals surface area contributed by atoms with Gasteiger partial charge in [0.2, 0.25) is 0 Å². The van der Waals surface area contributed by atoms with Gasteiger partial charge < -0.3 is 4.74 Å². The average molecular weight is 219 g/mol. The maximum Gasteiger partial charge on any atom is 0.339 e. The Morgan fingerprint density at radius 1 is 1.50 bits per heavy atom. The van der Waals surface area contributed by atoms with Crippen LogP contribution in [-0.2, 0) is 4.74 Å². The van der Waals surface area contributed by atoms with Crippen molar-refractivity contribution in [2.24, 2.45) is 0 Å². The van der Waals surface area contributed by atoms with Gasteiger partial charge >= 0.3 is 5.97 Å². The molecule has 0 saturated carbocycles. The van der Waals surface area contributed by atoms with Crippen LogP contribution in [0.3, 0.4) is 0 Å². The fourth-order valence-electron chi connectivity index (χ4n) is 1.34. The van der Waals surface area contributed by atoms with Crippen molar-refractivity contribution in [1.82, 2.24) is 14.6 Å². The highest BCUT2D eigenvalue weighted by atomic mass is 16.5. The first-order chi connectivity index (χ1) is 7.81. The van der Waals surface area contributed by atoms with Gasteiger partial charge in [-0.05, 0) is 18.6 Å². The van der Waals surface area contributed by atoms with Crippen molar-refractivity contribution in [3.63, 3.8) is 0 Å². The number of esters is 1. The van der Waals surface area contributed by atoms with Crippen molar-refractivity contribution in [2.45, 2.75) is 19.8 Å². The summed E-state index contributed by atoms with van der Waals surface area (Å²) in [6.45, 7) is 2.52. The summed E-state index contributed by atoms with van der Waals surface area (Å²) in [7, 11) is 0. The third-order valence-electron chi connectivity index (χ3n) is 2.26. The Hall–Kier alpha value is -1.91. The van der Waals surface area contributed by atoms with E-state index in [4.69, 9.17) is 4.74 Å². The zero-order valence-electron chi connectivity index (χ0n) is 9.09. The predicted molar refractivity (Wildman–Crippen MR) is 58.2 cm³/mol. The zero-order chi connectivity index (χ0) is 11.4. The molecule has 0 aliphatic rings. The molecule has 0 unspecified atom stereocenters. The standard InChI is InChI=1S/C11H13N3O2/c1-2-3-6-16-11(15)9-4-5-10-13-12-8-14(10)7-9/h4-5,7-8H,2-3,6H2,1H3. The summed E-state index contributed by atoms with van der Waals surface area (Å²) in [5.74, 6) is -0.302. The van der Waals surface area contributed by atoms with Crippen LogP contribution in [-0.4, -0.2) is 27.2 Å². The fourth-order valence-corrected chi connectivity index (χ4v) is 1.34. The molecule has 0 aromatic carbocycles. The maximum absolute atomic E-state index is 11.6. The minimum absolute atomic E-state index is 0.302. The van der Waals surface area contributed by atoms with Gasteiger partial charge in [0.05, 0.1) is 12.2 Å². The lowest BCUT2D eigenvalue weighted by Crippen LogP contribution is -2.07. The van der Waals surface area contributed by atoms with Crippen LogP contribution >= 0.6 is 0 Å². The first kappa shape index (κ1) is 10.6. The maximum atomic E-state index is 11.6. The lowest BCUT2D eigenvalue weighted by Gasteiger charge is -2.03. The van der Waals surface area contributed by atoms with Gasteiger partial charge in [0.1, 0.15) is 6.33 Å². The lowest BCUT2D eigenvalue weighted by atomic mass is 10.3. The van der Waals surface area contributed by atoms with Crippen LogP contribution < -0.4 is 0 Å². The highest BCUT2D eigenvalue weighted by Gasteiger charge is 2.07. The summed E-state index contributed by atoms with van der Waals surface area (Å²) in [5, 5.41) is 7.59. The van der Waals surface area contributed by atoms with Gasteiger partial charge in [-0.1, -0.05) is 13.3 Å². The zero-order valence-corrected chi connectivity index (χ0v) is 9.09. The SMILES string of the molecule is CCCCOC(=O)c1ccc2nncn2c1. The Morgan fingerprint density at radius 2 is 2.38 bits per heavy atom. The number of fused-ring (bicyclic) bond motifs is 1. The summed E-state index contributed by atoms with van der Waals surface area (Å²) >= 11 is 0. The Balaban J connectivity index is 2.10. The average Bonchev–Trinajstić information content (AvgIpc) is 2.76. The molecule has 0 atom stereocenters. The Morgan fingerprint density at radius 3 is 3.19 bits per heavy atom. The molecule has 2 rings (SSSR count). The van der Waals surface area contributed by atoms with E-state index in [0.717, 1.165) is 12.8 Å². The van der Waals surface area contributed by atoms with Crippen LogP contribution in [0, 0.1) is 0 Å². The second-order valence-electron chi connectivity index (χ2n) is 3.50. The molecular weight excluding hydrogens is 206 g/mol. The van der Waals surface area contributed by atoms with Crippen molar-refractivity contribution in [3.8, 4) is 0 Å². The van der Waals surface area contributed by atoms with Crippen LogP contribution in [0.15, 0.2) is 24.7 Å². The van der Waals surface area contributed by atoms with E-state index in [2.05, 4.69) is 17.1 Å². The lowest BCUT2D eigenvalue weighted by molar-refractivity contribution is 0.0499. The molecule has 5 nitrogen and oxygen atoms in total. The van der Waals surface area contributed by atoms with E-state index >= 15 is 0 Å². The van der Waals surface area contributed by atoms with Crippen LogP contribution in [0.25, 0.3) is 5.65 Å². The van der Waals surface area contributed by atoms with Gasteiger partial charge in [0.15, 0.2) is 5.65 Å². The molecule has 0 amide bonds. The molecule has 0 fully saturated rings. The second-order valence-corrected chi connectivity index (χ2v) is 3.50. The summed E-state index contributed by atoms with van der Waals surface area (Å²) < 4.78 is 6.79. The van der Waals surface area contributed by atoms with Crippen LogP contribution in [0.4, 0.5) is 0 Å². The number of pyridine rings is 1. The molecular formula is C11H13N3O2. The number of ether oxygens (including phenoxy) is 1. The summed E-state index contributed by atoms with van der Waals surface area (Å²) in [6.07, 6.45) is 5.13. The largest absolute Gasteiger partial charge is 0.462 e. The van der Waals surface area contributed by atoms with Gasteiger partial charge in [-0.3, -0.25) is 4.40 Å². The van der Waals surface area contributed by atoms with E-state index in [9.17, 15) is 4.79 Å². The van der Waals surface area contributed by atoms with Crippen LogP contribution in [0.5, 0.6) is 0 Å². The molecule has 2 aromatic rings. The Bertz CT molecular complexity index is 493. The second kappa shape index (κ2) is 4.74. The number of carbonyl (C=O) groups excluding carboxylic acids is 1. The number of unbranched alkanes of at least 4 members (excludes halogenated alkanes) is 1. The van der Waals surface area contributed by atoms with Crippen LogP contribution in [0.2, 0.25) is 0 Å². The number of nitrogens with zero attached hydrogens (tertiary/aromatic N) is 3. The molecule has 0 spiro atoms. The fraction of sp³-hybridized carbons (Fsp3) is 0.364. The predicted octanol–water partition coefficient (Wildman–Crippen LogP) is 1.69. The van der Waals surface area contributed by atoms with E-state index in [1.54, 1.807) is 29.1 Å². The summed E-state index contributed by atoms with van der Waals surface area (Å²) in [4.78, 5) is 11.6. The monoisotopic (exact) mass is 219 g/mol. The summed E-state index contributed by atoms with van der Waals surface area (Å²) in [5.41, 5.74) is 1.23. The molecule has 0 N–H and O–H groups in total. The molecule has 84 valence electrons. The van der Waals surface area contributed by atoms with E-state index in [-0.39, 0.29) is 5.97 Å². The molecule has 0 radical (unpaired) electrons. The number of hydrogen-bond acceptors (Lipinski definition) is 4. The molecule has 0 bridgehead atoms. The van der Waals surface area contributed by atoms with E-state index in [1.165, 1.54) is 0 Å². The molecule has 2 aromatic heterocycles. The first-order valence-corrected chi connectivity index (χ1v) is 5.28. The highest BCUT2D eigenvalue weighted by molar-refractivity contribution is 5.89. The van der Waals surface area contributed by atoms with Gasteiger partial charge in [-0.2, -0.15) is 0 Å². The number of hydrogen-bond donors (Lipinski definition) is 0. The Kier molecular flexibility index (Phi) is 3.14. The van der Waals surface area contributed by atoms with Gasteiger partial charge in [-0.15, -0.1) is 10.2 Å². The molecule has 5 heteroatoms. The third kappa shape index (κ3) is 2.18. The molecule has 0 aliphatic heterocycles. The molecule has 0 saturated heterocycles. The topological polar surface area (TPSA) is 56.5 Å². The van der Waals surface area contributed by atoms with Crippen molar-refractivity contribution < 1.29 is 9.53 Å². The smallest absolute Gasteiger partial charge is 0.339 e. The van der Waals surface area contributed by atoms with Gasteiger partial charge in [0, 0.05) is 6.20 Å². The minimum atomic E-state index is -0.302. The van der Waals surface area contributed by atoms with Crippen molar-refractivity contribution >= 4 is 11.6 Å². The first-order valence-electron chi connectivity index (χ1n) is 5.28. The van der Waals surface area contributed by atoms with Gasteiger partial charge in [-0.25, -0.2) is 4.79 Å². The quantitative estimate of drug-likeness (QED) is 0.580. The van der Waals surface area contributed by atoms with Crippen LogP contribution in [0.1, 0.15) is 30.1 Å². The van der Waals surface area contributed by atoms with Crippen molar-refractivity contribution in [2.75, 3.05) is 6.61 Å². The number of aromatic nitrogens is 3. The van der Waals surface area contributed by atoms with Crippen molar-refractivity contribution in [3.05, 3.63) is 30.2 Å². The molecule has 2 heterocycles. The third-order valence-corrected chi connectivity index (χ3v) is 2.26. The normalized spacial score (nSPS) is 10.6. The Labute approximate surface area is 93.1 Å². The summed E-state index contributed by atoms with van der Waals surface area (Å²) in [6, 6.07) is 3.43. The minimum Gasteiger partial charge on any atom is -0.462 e. The van der Waals surface area contributed by atoms with E-state index in [0.29, 0.717) is 17.8 Å². The number of carbonyl (C=O) groups is 1. The van der Waals surface area contributed by atoms with Crippen molar-refractivity contribution in [1.29, 1.82) is 0 Å². The number of rotatable bonds is 4. The van der Waals surface area contributed by atoms with Gasteiger partial charge in [0.25, 0.3) is 0 Å². The molecule has 16 heavy (non-hydrogen) atoms.